The average Bonchev–Trinajstić information content (AvgIpc) is 2.27. The average molecular weight is 201 g/mol. The molecule has 1 aromatic carbocycles. The summed E-state index contributed by atoms with van der Waals surface area (Å²) in [6.45, 7) is 12.6. The van der Waals surface area contributed by atoms with Crippen molar-refractivity contribution < 1.29 is 0 Å². The van der Waals surface area contributed by atoms with E-state index in [1.165, 1.54) is 22.6 Å². The smallest absolute Gasteiger partial charge is 0.0230 e. The zero-order valence-electron chi connectivity index (χ0n) is 10.3. The van der Waals surface area contributed by atoms with E-state index in [2.05, 4.69) is 52.5 Å². The third kappa shape index (κ3) is 2.95. The van der Waals surface area contributed by atoms with Crippen LogP contribution in [0.4, 0.5) is 0 Å². The number of hydrogen-bond acceptors (Lipinski definition) is 0. The molecule has 1 rings (SSSR count). The molecule has 0 spiro atoms. The first-order valence-corrected chi connectivity index (χ1v) is 5.68. The van der Waals surface area contributed by atoms with Crippen LogP contribution in [-0.4, -0.2) is 0 Å². The monoisotopic (exact) mass is 201 g/mol. The predicted octanol–water partition coefficient (Wildman–Crippen LogP) is 4.50. The molecule has 0 N–H and O–H groups in total. The molecule has 1 aromatic rings. The molecule has 0 aliphatic rings. The van der Waals surface area contributed by atoms with Crippen LogP contribution in [0.5, 0.6) is 0 Å². The minimum atomic E-state index is 0.591. The summed E-state index contributed by atoms with van der Waals surface area (Å²) in [6.07, 6.45) is 3.02. The predicted molar refractivity (Wildman–Crippen MR) is 68.1 cm³/mol. The van der Waals surface area contributed by atoms with Gasteiger partial charge in [-0.1, -0.05) is 52.0 Å². The van der Waals surface area contributed by atoms with Crippen LogP contribution in [0.3, 0.4) is 0 Å². The number of hydrogen-bond donors (Lipinski definition) is 0. The largest absolute Gasteiger partial charge is 0.102 e. The SMILES string of the molecule is C=C[C](C)c1cc(CC)cc(C(C)C)c1. The molecular weight excluding hydrogens is 180 g/mol. The molecule has 0 fully saturated rings. The summed E-state index contributed by atoms with van der Waals surface area (Å²) >= 11 is 0. The molecule has 0 heterocycles. The Morgan fingerprint density at radius 1 is 1.33 bits per heavy atom. The van der Waals surface area contributed by atoms with Gasteiger partial charge in [-0.2, -0.15) is 0 Å². The Kier molecular flexibility index (Phi) is 4.14. The molecule has 1 radical (unpaired) electrons. The van der Waals surface area contributed by atoms with E-state index in [0.29, 0.717) is 5.92 Å². The highest BCUT2D eigenvalue weighted by Gasteiger charge is 2.07. The van der Waals surface area contributed by atoms with Crippen molar-refractivity contribution >= 4 is 0 Å². The second kappa shape index (κ2) is 5.16. The molecule has 0 saturated carbocycles. The van der Waals surface area contributed by atoms with Gasteiger partial charge in [0.2, 0.25) is 0 Å². The second-order valence-corrected chi connectivity index (χ2v) is 4.36. The van der Waals surface area contributed by atoms with Crippen molar-refractivity contribution in [3.8, 4) is 0 Å². The van der Waals surface area contributed by atoms with Crippen LogP contribution < -0.4 is 0 Å². The molecule has 0 bridgehead atoms. The number of benzene rings is 1. The Bertz CT molecular complexity index is 334. The van der Waals surface area contributed by atoms with Crippen molar-refractivity contribution in [2.45, 2.75) is 40.0 Å². The van der Waals surface area contributed by atoms with Crippen LogP contribution in [0, 0.1) is 5.92 Å². The van der Waals surface area contributed by atoms with Crippen molar-refractivity contribution in [1.82, 2.24) is 0 Å². The van der Waals surface area contributed by atoms with Crippen LogP contribution in [-0.2, 0) is 6.42 Å². The van der Waals surface area contributed by atoms with Crippen molar-refractivity contribution in [3.63, 3.8) is 0 Å². The van der Waals surface area contributed by atoms with Crippen LogP contribution in [0.25, 0.3) is 0 Å². The van der Waals surface area contributed by atoms with Gasteiger partial charge in [-0.25, -0.2) is 0 Å². The van der Waals surface area contributed by atoms with Gasteiger partial charge in [0, 0.05) is 5.92 Å². The van der Waals surface area contributed by atoms with Crippen LogP contribution in [0.15, 0.2) is 30.9 Å². The van der Waals surface area contributed by atoms with E-state index >= 15 is 0 Å². The lowest BCUT2D eigenvalue weighted by molar-refractivity contribution is 0.859. The number of aryl methyl sites for hydroxylation is 1. The quantitative estimate of drug-likeness (QED) is 0.672. The molecule has 0 heteroatoms. The van der Waals surface area contributed by atoms with E-state index in [0.717, 1.165) is 6.42 Å². The Morgan fingerprint density at radius 3 is 2.47 bits per heavy atom. The molecule has 0 saturated heterocycles. The second-order valence-electron chi connectivity index (χ2n) is 4.36. The van der Waals surface area contributed by atoms with Gasteiger partial charge in [-0.15, -0.1) is 6.58 Å². The highest BCUT2D eigenvalue weighted by Crippen LogP contribution is 2.23. The zero-order chi connectivity index (χ0) is 11.4. The molecular formula is C15H21. The third-order valence-corrected chi connectivity index (χ3v) is 2.85. The molecule has 81 valence electrons. The van der Waals surface area contributed by atoms with Crippen LogP contribution in [0.2, 0.25) is 0 Å². The minimum absolute atomic E-state index is 0.591. The Morgan fingerprint density at radius 2 is 2.00 bits per heavy atom. The van der Waals surface area contributed by atoms with Gasteiger partial charge in [-0.05, 0) is 29.0 Å². The molecule has 15 heavy (non-hydrogen) atoms. The maximum atomic E-state index is 3.83. The van der Waals surface area contributed by atoms with Gasteiger partial charge in [0.25, 0.3) is 0 Å². The summed E-state index contributed by atoms with van der Waals surface area (Å²) in [5.41, 5.74) is 4.15. The van der Waals surface area contributed by atoms with Gasteiger partial charge >= 0.3 is 0 Å². The first kappa shape index (κ1) is 12.0. The van der Waals surface area contributed by atoms with Crippen LogP contribution in [0.1, 0.15) is 50.3 Å². The van der Waals surface area contributed by atoms with Gasteiger partial charge in [0.05, 0.1) is 0 Å². The highest BCUT2D eigenvalue weighted by atomic mass is 14.1. The first-order valence-electron chi connectivity index (χ1n) is 5.68. The topological polar surface area (TPSA) is 0 Å². The summed E-state index contributed by atoms with van der Waals surface area (Å²) in [4.78, 5) is 0. The van der Waals surface area contributed by atoms with Gasteiger partial charge < -0.3 is 0 Å². The van der Waals surface area contributed by atoms with Crippen LogP contribution >= 0.6 is 0 Å². The molecule has 0 aromatic heterocycles. The first-order chi connectivity index (χ1) is 7.08. The van der Waals surface area contributed by atoms with Crippen molar-refractivity contribution in [3.05, 3.63) is 53.5 Å². The Labute approximate surface area is 94.0 Å². The fraction of sp³-hybridized carbons (Fsp3) is 0.400. The molecule has 0 aliphatic carbocycles. The van der Waals surface area contributed by atoms with E-state index in [1.807, 2.05) is 6.08 Å². The van der Waals surface area contributed by atoms with Crippen molar-refractivity contribution in [2.75, 3.05) is 0 Å². The van der Waals surface area contributed by atoms with Gasteiger partial charge in [0.15, 0.2) is 0 Å². The maximum Gasteiger partial charge on any atom is 0.0230 e. The molecule has 0 aliphatic heterocycles. The number of rotatable bonds is 4. The Balaban J connectivity index is 3.16. The summed E-state index contributed by atoms with van der Waals surface area (Å²) in [6, 6.07) is 6.86. The normalized spacial score (nSPS) is 11.1. The molecule has 0 nitrogen and oxygen atoms in total. The lowest BCUT2D eigenvalue weighted by Crippen LogP contribution is -1.97. The van der Waals surface area contributed by atoms with E-state index in [4.69, 9.17) is 0 Å². The number of allylic oxidation sites excluding steroid dienone is 1. The summed E-state index contributed by atoms with van der Waals surface area (Å²) < 4.78 is 0. The minimum Gasteiger partial charge on any atom is -0.102 e. The molecule has 0 atom stereocenters. The van der Waals surface area contributed by atoms with E-state index < -0.39 is 0 Å². The lowest BCUT2D eigenvalue weighted by Gasteiger charge is -2.13. The molecule has 0 amide bonds. The summed E-state index contributed by atoms with van der Waals surface area (Å²) in [5.74, 6) is 1.85. The third-order valence-electron chi connectivity index (χ3n) is 2.85. The highest BCUT2D eigenvalue weighted by molar-refractivity contribution is 5.42. The summed E-state index contributed by atoms with van der Waals surface area (Å²) in [5, 5.41) is 0. The standard InChI is InChI=1S/C15H21/c1-6-12(5)15-9-13(7-2)8-14(10-15)11(3)4/h6,8-11H,1,7H2,2-5H3. The maximum absolute atomic E-state index is 3.83. The fourth-order valence-corrected chi connectivity index (χ4v) is 1.60. The summed E-state index contributed by atoms with van der Waals surface area (Å²) in [7, 11) is 0. The van der Waals surface area contributed by atoms with E-state index in [-0.39, 0.29) is 0 Å². The fourth-order valence-electron chi connectivity index (χ4n) is 1.60. The van der Waals surface area contributed by atoms with E-state index in [1.54, 1.807) is 0 Å². The van der Waals surface area contributed by atoms with Gasteiger partial charge in [0.1, 0.15) is 0 Å². The lowest BCUT2D eigenvalue weighted by atomic mass is 9.92. The van der Waals surface area contributed by atoms with Crippen molar-refractivity contribution in [2.24, 2.45) is 0 Å². The Hall–Kier alpha value is -1.04. The zero-order valence-corrected chi connectivity index (χ0v) is 10.3. The van der Waals surface area contributed by atoms with Gasteiger partial charge in [-0.3, -0.25) is 0 Å². The van der Waals surface area contributed by atoms with E-state index in [9.17, 15) is 0 Å². The molecule has 0 unspecified atom stereocenters. The van der Waals surface area contributed by atoms with Crippen molar-refractivity contribution in [1.29, 1.82) is 0 Å².